The van der Waals surface area contributed by atoms with Gasteiger partial charge in [0.1, 0.15) is 0 Å². The number of thiophene rings is 2. The zero-order chi connectivity index (χ0) is 10.5. The third-order valence-electron chi connectivity index (χ3n) is 2.29. The third-order valence-corrected chi connectivity index (χ3v) is 4.09. The Balaban J connectivity index is 1.93. The van der Waals surface area contributed by atoms with Gasteiger partial charge in [0.05, 0.1) is 0 Å². The van der Waals surface area contributed by atoms with E-state index in [0.29, 0.717) is 6.04 Å². The Hall–Kier alpha value is -0.680. The van der Waals surface area contributed by atoms with Crippen LogP contribution in [-0.4, -0.2) is 6.04 Å². The molecule has 15 heavy (non-hydrogen) atoms. The van der Waals surface area contributed by atoms with Crippen LogP contribution in [0, 0.1) is 0 Å². The van der Waals surface area contributed by atoms with E-state index in [-0.39, 0.29) is 0 Å². The van der Waals surface area contributed by atoms with Crippen LogP contribution < -0.4 is 11.3 Å². The Bertz CT molecular complexity index is 331. The van der Waals surface area contributed by atoms with Crippen LogP contribution in [0.5, 0.6) is 0 Å². The maximum atomic E-state index is 5.57. The van der Waals surface area contributed by atoms with Crippen molar-refractivity contribution < 1.29 is 0 Å². The lowest BCUT2D eigenvalue weighted by Crippen LogP contribution is -2.38. The SMILES string of the molecule is NNC(Cc1cccs1)Cc1cccs1. The molecule has 0 atom stereocenters. The van der Waals surface area contributed by atoms with Gasteiger partial charge in [-0.15, -0.1) is 22.7 Å². The molecule has 0 spiro atoms. The minimum Gasteiger partial charge on any atom is -0.271 e. The lowest BCUT2D eigenvalue weighted by Gasteiger charge is -2.13. The number of hydrogen-bond donors (Lipinski definition) is 2. The molecule has 0 radical (unpaired) electrons. The first-order chi connectivity index (χ1) is 7.38. The summed E-state index contributed by atoms with van der Waals surface area (Å²) in [5.74, 6) is 5.57. The van der Waals surface area contributed by atoms with Gasteiger partial charge in [-0.05, 0) is 35.7 Å². The Morgan fingerprint density at radius 2 is 1.60 bits per heavy atom. The highest BCUT2D eigenvalue weighted by Gasteiger charge is 2.09. The van der Waals surface area contributed by atoms with Crippen LogP contribution in [0.15, 0.2) is 35.0 Å². The lowest BCUT2D eigenvalue weighted by molar-refractivity contribution is 0.529. The number of nitrogens with one attached hydrogen (secondary N) is 1. The highest BCUT2D eigenvalue weighted by Crippen LogP contribution is 2.16. The summed E-state index contributed by atoms with van der Waals surface area (Å²) in [6.45, 7) is 0. The summed E-state index contributed by atoms with van der Waals surface area (Å²) in [6, 6.07) is 8.81. The molecule has 80 valence electrons. The molecule has 2 nitrogen and oxygen atoms in total. The molecule has 4 heteroatoms. The first-order valence-electron chi connectivity index (χ1n) is 4.89. The first kappa shape index (κ1) is 10.8. The molecule has 0 saturated carbocycles. The van der Waals surface area contributed by atoms with Crippen molar-refractivity contribution in [1.82, 2.24) is 5.43 Å². The molecule has 0 fully saturated rings. The van der Waals surface area contributed by atoms with Crippen LogP contribution in [0.3, 0.4) is 0 Å². The Morgan fingerprint density at radius 1 is 1.07 bits per heavy atom. The van der Waals surface area contributed by atoms with Crippen LogP contribution in [0.4, 0.5) is 0 Å². The molecule has 0 aliphatic heterocycles. The van der Waals surface area contributed by atoms with Crippen molar-refractivity contribution in [3.05, 3.63) is 44.8 Å². The molecule has 2 aromatic rings. The van der Waals surface area contributed by atoms with E-state index in [0.717, 1.165) is 12.8 Å². The van der Waals surface area contributed by atoms with E-state index in [1.807, 2.05) is 0 Å². The van der Waals surface area contributed by atoms with Crippen molar-refractivity contribution in [2.45, 2.75) is 18.9 Å². The van der Waals surface area contributed by atoms with Crippen LogP contribution in [0.2, 0.25) is 0 Å². The fourth-order valence-corrected chi connectivity index (χ4v) is 3.11. The Morgan fingerprint density at radius 3 is 1.93 bits per heavy atom. The minimum absolute atomic E-state index is 0.335. The number of rotatable bonds is 5. The van der Waals surface area contributed by atoms with Gasteiger partial charge in [0, 0.05) is 15.8 Å². The van der Waals surface area contributed by atoms with Gasteiger partial charge < -0.3 is 0 Å². The standard InChI is InChI=1S/C11H14N2S2/c12-13-9(7-10-3-1-5-14-10)8-11-4-2-6-15-11/h1-6,9,13H,7-8,12H2. The molecular weight excluding hydrogens is 224 g/mol. The lowest BCUT2D eigenvalue weighted by atomic mass is 10.1. The van der Waals surface area contributed by atoms with Gasteiger partial charge in [-0.25, -0.2) is 0 Å². The van der Waals surface area contributed by atoms with Crippen LogP contribution >= 0.6 is 22.7 Å². The molecule has 0 aliphatic rings. The van der Waals surface area contributed by atoms with Crippen molar-refractivity contribution in [2.75, 3.05) is 0 Å². The van der Waals surface area contributed by atoms with E-state index in [4.69, 9.17) is 5.84 Å². The van der Waals surface area contributed by atoms with Gasteiger partial charge in [0.15, 0.2) is 0 Å². The minimum atomic E-state index is 0.335. The monoisotopic (exact) mass is 238 g/mol. The van der Waals surface area contributed by atoms with Gasteiger partial charge in [0.25, 0.3) is 0 Å². The summed E-state index contributed by atoms with van der Waals surface area (Å²) in [5, 5.41) is 4.21. The molecule has 0 bridgehead atoms. The molecule has 0 aromatic carbocycles. The van der Waals surface area contributed by atoms with Crippen LogP contribution in [-0.2, 0) is 12.8 Å². The fraction of sp³-hybridized carbons (Fsp3) is 0.273. The second-order valence-corrected chi connectivity index (χ2v) is 5.50. The van der Waals surface area contributed by atoms with Gasteiger partial charge >= 0.3 is 0 Å². The first-order valence-corrected chi connectivity index (χ1v) is 6.65. The largest absolute Gasteiger partial charge is 0.271 e. The average molecular weight is 238 g/mol. The average Bonchev–Trinajstić information content (AvgIpc) is 2.89. The third kappa shape index (κ3) is 3.14. The van der Waals surface area contributed by atoms with Crippen molar-refractivity contribution in [1.29, 1.82) is 0 Å². The summed E-state index contributed by atoms with van der Waals surface area (Å²) in [7, 11) is 0. The maximum absolute atomic E-state index is 5.57. The molecule has 2 aromatic heterocycles. The van der Waals surface area contributed by atoms with Gasteiger partial charge in [-0.1, -0.05) is 12.1 Å². The van der Waals surface area contributed by atoms with E-state index in [9.17, 15) is 0 Å². The van der Waals surface area contributed by atoms with Crippen molar-refractivity contribution in [2.24, 2.45) is 5.84 Å². The summed E-state index contributed by atoms with van der Waals surface area (Å²) in [5.41, 5.74) is 2.89. The zero-order valence-electron chi connectivity index (χ0n) is 8.35. The topological polar surface area (TPSA) is 38.0 Å². The van der Waals surface area contributed by atoms with E-state index >= 15 is 0 Å². The summed E-state index contributed by atoms with van der Waals surface area (Å²) >= 11 is 3.57. The quantitative estimate of drug-likeness (QED) is 0.620. The molecule has 0 unspecified atom stereocenters. The molecule has 3 N–H and O–H groups in total. The van der Waals surface area contributed by atoms with E-state index in [1.165, 1.54) is 9.75 Å². The van der Waals surface area contributed by atoms with E-state index in [2.05, 4.69) is 40.5 Å². The number of hydrogen-bond acceptors (Lipinski definition) is 4. The highest BCUT2D eigenvalue weighted by atomic mass is 32.1. The maximum Gasteiger partial charge on any atom is 0.0306 e. The van der Waals surface area contributed by atoms with Gasteiger partial charge in [-0.2, -0.15) is 0 Å². The predicted octanol–water partition coefficient (Wildman–Crippen LogP) is 2.43. The normalized spacial score (nSPS) is 11.1. The number of nitrogens with two attached hydrogens (primary N) is 1. The van der Waals surface area contributed by atoms with Gasteiger partial charge in [-0.3, -0.25) is 11.3 Å². The molecule has 0 aliphatic carbocycles. The zero-order valence-corrected chi connectivity index (χ0v) is 9.98. The van der Waals surface area contributed by atoms with E-state index in [1.54, 1.807) is 22.7 Å². The number of hydrazine groups is 1. The van der Waals surface area contributed by atoms with Crippen molar-refractivity contribution in [3.8, 4) is 0 Å². The van der Waals surface area contributed by atoms with E-state index < -0.39 is 0 Å². The molecular formula is C11H14N2S2. The van der Waals surface area contributed by atoms with Crippen LogP contribution in [0.25, 0.3) is 0 Å². The van der Waals surface area contributed by atoms with Crippen LogP contribution in [0.1, 0.15) is 9.75 Å². The molecule has 2 heterocycles. The Labute approximate surface area is 97.7 Å². The smallest absolute Gasteiger partial charge is 0.0306 e. The molecule has 2 rings (SSSR count). The van der Waals surface area contributed by atoms with Gasteiger partial charge in [0.2, 0.25) is 0 Å². The van der Waals surface area contributed by atoms with Crippen molar-refractivity contribution in [3.63, 3.8) is 0 Å². The second kappa shape index (κ2) is 5.42. The second-order valence-electron chi connectivity index (χ2n) is 3.43. The summed E-state index contributed by atoms with van der Waals surface area (Å²) in [4.78, 5) is 2.77. The molecule has 0 saturated heterocycles. The summed E-state index contributed by atoms with van der Waals surface area (Å²) in [6.07, 6.45) is 2.01. The molecule has 0 amide bonds. The predicted molar refractivity (Wildman–Crippen MR) is 67.2 cm³/mol. The highest BCUT2D eigenvalue weighted by molar-refractivity contribution is 7.10. The Kier molecular flexibility index (Phi) is 3.91. The van der Waals surface area contributed by atoms with Crippen molar-refractivity contribution >= 4 is 22.7 Å². The fourth-order valence-electron chi connectivity index (χ4n) is 1.53. The summed E-state index contributed by atoms with van der Waals surface area (Å²) < 4.78 is 0.